The van der Waals surface area contributed by atoms with Crippen LogP contribution in [-0.2, 0) is 9.53 Å². The van der Waals surface area contributed by atoms with Crippen molar-refractivity contribution in [3.63, 3.8) is 0 Å². The van der Waals surface area contributed by atoms with Crippen molar-refractivity contribution in [1.29, 1.82) is 0 Å². The largest absolute Gasteiger partial charge is 0.495 e. The lowest BCUT2D eigenvalue weighted by Crippen LogP contribution is -2.55. The third kappa shape index (κ3) is 3.94. The smallest absolute Gasteiger partial charge is 0.293 e. The number of aromatic nitrogens is 2. The molecule has 2 aliphatic rings. The number of carbonyl (C=O) groups is 1. The van der Waals surface area contributed by atoms with Gasteiger partial charge in [0, 0.05) is 17.5 Å². The predicted octanol–water partition coefficient (Wildman–Crippen LogP) is 5.40. The van der Waals surface area contributed by atoms with Crippen LogP contribution in [0.3, 0.4) is 0 Å². The van der Waals surface area contributed by atoms with E-state index in [0.717, 1.165) is 23.5 Å². The molecule has 1 unspecified atom stereocenters. The molecule has 0 radical (unpaired) electrons. The molecule has 0 aliphatic carbocycles. The predicted molar refractivity (Wildman–Crippen MR) is 128 cm³/mol. The van der Waals surface area contributed by atoms with Crippen LogP contribution in [0.15, 0.2) is 54.7 Å². The molecule has 0 N–H and O–H groups in total. The van der Waals surface area contributed by atoms with Gasteiger partial charge in [-0.3, -0.25) is 9.69 Å². The topological polar surface area (TPSA) is 56.6 Å². The summed E-state index contributed by atoms with van der Waals surface area (Å²) < 4.78 is 55.0. The van der Waals surface area contributed by atoms with E-state index in [1.54, 1.807) is 31.7 Å². The number of fused-ring (bicyclic) bond motifs is 1. The van der Waals surface area contributed by atoms with E-state index < -0.39 is 35.0 Å². The molecule has 1 fully saturated rings. The molecule has 0 spiro atoms. The number of carbonyl (C=O) groups excluding carboxylic acids is 1. The molecule has 3 aromatic rings. The summed E-state index contributed by atoms with van der Waals surface area (Å²) in [4.78, 5) is 19.3. The summed E-state index contributed by atoms with van der Waals surface area (Å²) in [5, 5.41) is 0. The van der Waals surface area contributed by atoms with E-state index in [0.29, 0.717) is 23.4 Å². The van der Waals surface area contributed by atoms with Crippen molar-refractivity contribution in [3.8, 4) is 11.4 Å². The fraction of sp³-hybridized carbons (Fsp3) is 0.259. The van der Waals surface area contributed by atoms with E-state index in [1.807, 2.05) is 43.7 Å². The summed E-state index contributed by atoms with van der Waals surface area (Å²) in [5.41, 5.74) is 1.90. The Morgan fingerprint density at radius 1 is 1.17 bits per heavy atom. The Balaban J connectivity index is 1.52. The van der Waals surface area contributed by atoms with E-state index in [1.165, 1.54) is 4.90 Å². The Morgan fingerprint density at radius 3 is 2.53 bits per heavy atom. The van der Waals surface area contributed by atoms with E-state index in [9.17, 15) is 18.0 Å². The van der Waals surface area contributed by atoms with Gasteiger partial charge in [-0.15, -0.1) is 0 Å². The number of hydrogen-bond donors (Lipinski definition) is 0. The van der Waals surface area contributed by atoms with Gasteiger partial charge >= 0.3 is 0 Å². The van der Waals surface area contributed by atoms with E-state index in [-0.39, 0.29) is 11.3 Å². The molecule has 1 saturated heterocycles. The van der Waals surface area contributed by atoms with Crippen molar-refractivity contribution in [2.24, 2.45) is 0 Å². The lowest BCUT2D eigenvalue weighted by molar-refractivity contribution is -0.147. The van der Waals surface area contributed by atoms with Crippen LogP contribution in [0.2, 0.25) is 0 Å². The first-order valence-corrected chi connectivity index (χ1v) is 11.4. The van der Waals surface area contributed by atoms with Crippen molar-refractivity contribution in [2.45, 2.75) is 38.8 Å². The van der Waals surface area contributed by atoms with Crippen LogP contribution >= 0.6 is 0 Å². The van der Waals surface area contributed by atoms with Crippen LogP contribution < -0.4 is 4.74 Å². The molecule has 36 heavy (non-hydrogen) atoms. The van der Waals surface area contributed by atoms with Crippen molar-refractivity contribution in [3.05, 3.63) is 89.0 Å². The first-order valence-electron chi connectivity index (χ1n) is 11.4. The second-order valence-corrected chi connectivity index (χ2v) is 9.34. The van der Waals surface area contributed by atoms with Gasteiger partial charge in [-0.05, 0) is 63.1 Å². The number of benzene rings is 2. The Bertz CT molecular complexity index is 1420. The second-order valence-electron chi connectivity index (χ2n) is 9.34. The van der Waals surface area contributed by atoms with Crippen molar-refractivity contribution < 1.29 is 27.4 Å². The molecule has 5 rings (SSSR count). The first kappa shape index (κ1) is 23.7. The molecule has 0 saturated carbocycles. The third-order valence-corrected chi connectivity index (χ3v) is 6.48. The summed E-state index contributed by atoms with van der Waals surface area (Å²) in [6.45, 7) is 5.58. The quantitative estimate of drug-likeness (QED) is 0.359. The molecule has 0 bridgehead atoms. The number of hydrogen-bond acceptors (Lipinski definition) is 4. The van der Waals surface area contributed by atoms with Crippen LogP contribution in [0.4, 0.5) is 13.2 Å². The lowest BCUT2D eigenvalue weighted by Gasteiger charge is -2.44. The molecule has 186 valence electrons. The van der Waals surface area contributed by atoms with Gasteiger partial charge in [-0.1, -0.05) is 12.1 Å². The van der Waals surface area contributed by atoms with E-state index in [4.69, 9.17) is 9.47 Å². The Kier molecular flexibility index (Phi) is 5.65. The fourth-order valence-electron chi connectivity index (χ4n) is 4.71. The minimum atomic E-state index is -1.55. The summed E-state index contributed by atoms with van der Waals surface area (Å²) in [7, 11) is 1.55. The number of amides is 1. The molecule has 3 heterocycles. The van der Waals surface area contributed by atoms with Crippen LogP contribution in [0, 0.1) is 24.4 Å². The molecule has 9 heteroatoms. The number of nitrogens with zero attached hydrogens (tertiary/aromatic N) is 3. The number of rotatable bonds is 4. The summed E-state index contributed by atoms with van der Waals surface area (Å²) >= 11 is 0. The molecular weight excluding hydrogens is 471 g/mol. The van der Waals surface area contributed by atoms with Crippen LogP contribution in [-0.4, -0.2) is 39.1 Å². The van der Waals surface area contributed by atoms with Gasteiger partial charge in [0.05, 0.1) is 30.9 Å². The summed E-state index contributed by atoms with van der Waals surface area (Å²) in [5.74, 6) is -4.00. The van der Waals surface area contributed by atoms with E-state index >= 15 is 0 Å². The molecule has 1 amide bonds. The van der Waals surface area contributed by atoms with Crippen LogP contribution in [0.25, 0.3) is 17.5 Å². The highest BCUT2D eigenvalue weighted by atomic mass is 19.2. The van der Waals surface area contributed by atoms with Gasteiger partial charge in [-0.25, -0.2) is 18.2 Å². The second kappa shape index (κ2) is 8.58. The van der Waals surface area contributed by atoms with Crippen molar-refractivity contribution in [2.75, 3.05) is 7.11 Å². The zero-order valence-electron chi connectivity index (χ0n) is 20.2. The monoisotopic (exact) mass is 495 g/mol. The molecule has 2 aromatic carbocycles. The third-order valence-electron chi connectivity index (χ3n) is 6.48. The molecule has 2 aliphatic heterocycles. The normalized spacial score (nSPS) is 19.8. The highest BCUT2D eigenvalue weighted by molar-refractivity contribution is 6.02. The molecule has 1 aromatic heterocycles. The first-order chi connectivity index (χ1) is 17.1. The van der Waals surface area contributed by atoms with Crippen molar-refractivity contribution in [1.82, 2.24) is 14.5 Å². The number of morpholine rings is 1. The lowest BCUT2D eigenvalue weighted by atomic mass is 9.93. The maximum atomic E-state index is 14.0. The Morgan fingerprint density at radius 2 is 1.89 bits per heavy atom. The zero-order chi connectivity index (χ0) is 25.8. The van der Waals surface area contributed by atoms with Gasteiger partial charge in [0.15, 0.2) is 23.2 Å². The Hall–Kier alpha value is -4.01. The Labute approximate surface area is 206 Å². The summed E-state index contributed by atoms with van der Waals surface area (Å²) in [6.07, 6.45) is 7.30. The van der Waals surface area contributed by atoms with Gasteiger partial charge in [0.1, 0.15) is 11.4 Å². The fourth-order valence-corrected chi connectivity index (χ4v) is 4.71. The maximum Gasteiger partial charge on any atom is 0.293 e. The van der Waals surface area contributed by atoms with E-state index in [2.05, 4.69) is 4.98 Å². The molecular formula is C27H24F3N3O3. The maximum absolute atomic E-state index is 14.0. The average Bonchev–Trinajstić information content (AvgIpc) is 3.48. The average molecular weight is 496 g/mol. The standard InChI is InChI=1S/C27H24F3N3O3/c1-15-13-32(14-31-15)21-6-5-16(9-22(21)35-4)10-23-26(34)33-20(7-8-24(33)27(2,3)36-23)17-11-18(28)25(30)19(29)12-17/h5-7,9-14,24H,8H2,1-4H3. The van der Waals surface area contributed by atoms with Gasteiger partial charge in [0.2, 0.25) is 0 Å². The number of ether oxygens (including phenoxy) is 2. The van der Waals surface area contributed by atoms with Crippen molar-refractivity contribution >= 4 is 17.7 Å². The number of imidazole rings is 1. The SMILES string of the molecule is COc1cc(C=C2OC(C)(C)C3CC=C(c4cc(F)c(F)c(F)c4)N3C2=O)ccc1-n1cnc(C)c1. The van der Waals surface area contributed by atoms with Gasteiger partial charge in [0.25, 0.3) is 5.91 Å². The number of aryl methyl sites for hydroxylation is 1. The highest BCUT2D eigenvalue weighted by Crippen LogP contribution is 2.43. The van der Waals surface area contributed by atoms with Gasteiger partial charge in [-0.2, -0.15) is 0 Å². The number of methoxy groups -OCH3 is 1. The van der Waals surface area contributed by atoms with Gasteiger partial charge < -0.3 is 14.0 Å². The zero-order valence-corrected chi connectivity index (χ0v) is 20.2. The van der Waals surface area contributed by atoms with Crippen LogP contribution in [0.1, 0.15) is 37.1 Å². The van der Waals surface area contributed by atoms with Crippen LogP contribution in [0.5, 0.6) is 5.75 Å². The summed E-state index contributed by atoms with van der Waals surface area (Å²) in [6, 6.07) is 6.84. The minimum Gasteiger partial charge on any atom is -0.495 e. The highest BCUT2D eigenvalue weighted by Gasteiger charge is 2.49. The minimum absolute atomic E-state index is 0.0698. The number of halogens is 3. The molecule has 6 nitrogen and oxygen atoms in total. The molecule has 1 atom stereocenters.